The highest BCUT2D eigenvalue weighted by Gasteiger charge is 2.40. The molecule has 24 heavy (non-hydrogen) atoms. The van der Waals surface area contributed by atoms with Gasteiger partial charge >= 0.3 is 5.97 Å². The highest BCUT2D eigenvalue weighted by Crippen LogP contribution is 2.40. The fourth-order valence-corrected chi connectivity index (χ4v) is 2.65. The largest absolute Gasteiger partial charge is 0.459 e. The lowest BCUT2D eigenvalue weighted by atomic mass is 9.82. The monoisotopic (exact) mass is 336 g/mol. The minimum Gasteiger partial charge on any atom is -0.459 e. The minimum absolute atomic E-state index is 0.221. The first kappa shape index (κ1) is 18.5. The molecule has 1 aliphatic carbocycles. The van der Waals surface area contributed by atoms with Crippen LogP contribution in [-0.4, -0.2) is 29.0 Å². The van der Waals surface area contributed by atoms with E-state index in [2.05, 4.69) is 10.3 Å². The second-order valence-corrected chi connectivity index (χ2v) is 7.51. The van der Waals surface area contributed by atoms with E-state index >= 15 is 0 Å². The Hall–Kier alpha value is -1.85. The molecule has 1 heterocycles. The van der Waals surface area contributed by atoms with Crippen LogP contribution in [0.2, 0.25) is 0 Å². The van der Waals surface area contributed by atoms with Crippen LogP contribution in [-0.2, 0) is 9.53 Å². The van der Waals surface area contributed by atoms with Gasteiger partial charge in [-0.2, -0.15) is 0 Å². The minimum atomic E-state index is -0.733. The molecule has 0 unspecified atom stereocenters. The van der Waals surface area contributed by atoms with Crippen molar-refractivity contribution in [2.24, 2.45) is 5.41 Å². The fraction of sp³-hybridized carbons (Fsp3) is 0.722. The predicted octanol–water partition coefficient (Wildman–Crippen LogP) is 3.43. The number of amides is 1. The molecule has 0 aliphatic heterocycles. The van der Waals surface area contributed by atoms with Crippen LogP contribution in [0.15, 0.2) is 10.8 Å². The van der Waals surface area contributed by atoms with Crippen LogP contribution >= 0.6 is 0 Å². The first-order valence-electron chi connectivity index (χ1n) is 8.67. The number of rotatable bonds is 7. The zero-order valence-corrected chi connectivity index (χ0v) is 15.3. The summed E-state index contributed by atoms with van der Waals surface area (Å²) in [6, 6.07) is 0. The van der Waals surface area contributed by atoms with Crippen molar-refractivity contribution in [3.63, 3.8) is 0 Å². The Kier molecular flexibility index (Phi) is 5.35. The Morgan fingerprint density at radius 3 is 2.42 bits per heavy atom. The number of hydrogen-bond donors (Lipinski definition) is 1. The summed E-state index contributed by atoms with van der Waals surface area (Å²) in [5, 5.41) is 2.84. The molecule has 0 spiro atoms. The van der Waals surface area contributed by atoms with Crippen molar-refractivity contribution in [1.29, 1.82) is 0 Å². The molecule has 0 aromatic carbocycles. The van der Waals surface area contributed by atoms with E-state index in [1.54, 1.807) is 0 Å². The molecule has 6 heteroatoms. The van der Waals surface area contributed by atoms with Crippen LogP contribution in [0.1, 0.15) is 82.5 Å². The van der Waals surface area contributed by atoms with Crippen molar-refractivity contribution in [2.45, 2.75) is 71.8 Å². The molecule has 1 N–H and O–H groups in total. The highest BCUT2D eigenvalue weighted by atomic mass is 16.6. The van der Waals surface area contributed by atoms with Crippen LogP contribution in [0, 0.1) is 5.41 Å². The average Bonchev–Trinajstić information content (AvgIpc) is 3.23. The summed E-state index contributed by atoms with van der Waals surface area (Å²) in [4.78, 5) is 29.2. The molecule has 0 atom stereocenters. The molecule has 2 rings (SSSR count). The maximum Gasteiger partial charge on any atom is 0.314 e. The number of esters is 1. The molecule has 0 radical (unpaired) electrons. The van der Waals surface area contributed by atoms with Gasteiger partial charge in [0, 0.05) is 12.5 Å². The Morgan fingerprint density at radius 2 is 1.92 bits per heavy atom. The normalized spacial score (nSPS) is 15.2. The second kappa shape index (κ2) is 6.95. The van der Waals surface area contributed by atoms with Gasteiger partial charge in [0.25, 0.3) is 5.91 Å². The topological polar surface area (TPSA) is 81.4 Å². The Labute approximate surface area is 143 Å². The van der Waals surface area contributed by atoms with E-state index in [1.165, 1.54) is 6.39 Å². The lowest BCUT2D eigenvalue weighted by Crippen LogP contribution is -2.45. The first-order valence-corrected chi connectivity index (χ1v) is 8.67. The van der Waals surface area contributed by atoms with Crippen molar-refractivity contribution >= 4 is 11.9 Å². The summed E-state index contributed by atoms with van der Waals surface area (Å²) in [6.07, 6.45) is 4.57. The quantitative estimate of drug-likeness (QED) is 0.772. The molecule has 1 aliphatic rings. The number of ether oxygens (including phenoxy) is 1. The molecule has 1 fully saturated rings. The summed E-state index contributed by atoms with van der Waals surface area (Å²) >= 11 is 0. The lowest BCUT2D eigenvalue weighted by Gasteiger charge is -2.33. The van der Waals surface area contributed by atoms with Gasteiger partial charge in [-0.25, -0.2) is 4.98 Å². The third kappa shape index (κ3) is 4.16. The third-order valence-corrected chi connectivity index (χ3v) is 4.54. The molecule has 1 aromatic rings. The Morgan fingerprint density at radius 1 is 1.29 bits per heavy atom. The molecule has 1 amide bonds. The highest BCUT2D eigenvalue weighted by molar-refractivity contribution is 5.93. The van der Waals surface area contributed by atoms with E-state index in [0.29, 0.717) is 18.8 Å². The van der Waals surface area contributed by atoms with Gasteiger partial charge in [0.1, 0.15) is 5.60 Å². The van der Waals surface area contributed by atoms with Crippen molar-refractivity contribution in [1.82, 2.24) is 10.3 Å². The SMILES string of the molecule is CCC(CC)(CNC(=O)c1ocnc1C1CC1)C(=O)OC(C)(C)C. The van der Waals surface area contributed by atoms with Crippen molar-refractivity contribution < 1.29 is 18.7 Å². The summed E-state index contributed by atoms with van der Waals surface area (Å²) in [6.45, 7) is 9.62. The number of carbonyl (C=O) groups is 2. The van der Waals surface area contributed by atoms with Crippen molar-refractivity contribution in [3.8, 4) is 0 Å². The summed E-state index contributed by atoms with van der Waals surface area (Å²) in [5.74, 6) is 0.00442. The van der Waals surface area contributed by atoms with Gasteiger partial charge in [-0.15, -0.1) is 0 Å². The van der Waals surface area contributed by atoms with Crippen LogP contribution in [0.25, 0.3) is 0 Å². The number of oxazole rings is 1. The van der Waals surface area contributed by atoms with E-state index in [1.807, 2.05) is 34.6 Å². The number of nitrogens with zero attached hydrogens (tertiary/aromatic N) is 1. The number of carbonyl (C=O) groups excluding carboxylic acids is 2. The van der Waals surface area contributed by atoms with Gasteiger partial charge in [0.2, 0.25) is 5.76 Å². The molecular formula is C18H28N2O4. The van der Waals surface area contributed by atoms with E-state index in [-0.39, 0.29) is 24.2 Å². The van der Waals surface area contributed by atoms with Crippen LogP contribution in [0.5, 0.6) is 0 Å². The molecule has 0 saturated heterocycles. The van der Waals surface area contributed by atoms with Crippen molar-refractivity contribution in [2.75, 3.05) is 6.54 Å². The standard InChI is InChI=1S/C18H28N2O4/c1-6-18(7-2,16(22)24-17(3,4)5)10-19-15(21)14-13(12-8-9-12)20-11-23-14/h11-12H,6-10H2,1-5H3,(H,19,21). The van der Waals surface area contributed by atoms with Gasteiger partial charge in [-0.1, -0.05) is 13.8 Å². The molecule has 134 valence electrons. The van der Waals surface area contributed by atoms with E-state index in [4.69, 9.17) is 9.15 Å². The third-order valence-electron chi connectivity index (χ3n) is 4.54. The summed E-state index contributed by atoms with van der Waals surface area (Å²) in [5.41, 5.74) is -0.563. The summed E-state index contributed by atoms with van der Waals surface area (Å²) < 4.78 is 10.8. The van der Waals surface area contributed by atoms with Crippen LogP contribution in [0.3, 0.4) is 0 Å². The maximum atomic E-state index is 12.6. The Balaban J connectivity index is 2.06. The van der Waals surface area contributed by atoms with Gasteiger partial charge in [0.05, 0.1) is 11.1 Å². The lowest BCUT2D eigenvalue weighted by molar-refractivity contribution is -0.167. The van der Waals surface area contributed by atoms with E-state index < -0.39 is 11.0 Å². The van der Waals surface area contributed by atoms with Crippen molar-refractivity contribution in [3.05, 3.63) is 17.8 Å². The van der Waals surface area contributed by atoms with E-state index in [0.717, 1.165) is 18.5 Å². The van der Waals surface area contributed by atoms with Crippen LogP contribution < -0.4 is 5.32 Å². The molecule has 1 saturated carbocycles. The fourth-order valence-electron chi connectivity index (χ4n) is 2.65. The molecular weight excluding hydrogens is 308 g/mol. The van der Waals surface area contributed by atoms with E-state index in [9.17, 15) is 9.59 Å². The number of aromatic nitrogens is 1. The van der Waals surface area contributed by atoms with Gasteiger partial charge in [0.15, 0.2) is 6.39 Å². The van der Waals surface area contributed by atoms with Gasteiger partial charge in [-0.05, 0) is 46.5 Å². The zero-order valence-electron chi connectivity index (χ0n) is 15.3. The average molecular weight is 336 g/mol. The molecule has 0 bridgehead atoms. The maximum absolute atomic E-state index is 12.6. The van der Waals surface area contributed by atoms with Gasteiger partial charge < -0.3 is 14.5 Å². The van der Waals surface area contributed by atoms with Crippen LogP contribution in [0.4, 0.5) is 0 Å². The second-order valence-electron chi connectivity index (χ2n) is 7.51. The smallest absolute Gasteiger partial charge is 0.314 e. The zero-order chi connectivity index (χ0) is 18.0. The molecule has 6 nitrogen and oxygen atoms in total. The van der Waals surface area contributed by atoms with Gasteiger partial charge in [-0.3, -0.25) is 9.59 Å². The number of nitrogens with one attached hydrogen (secondary N) is 1. The predicted molar refractivity (Wildman–Crippen MR) is 89.7 cm³/mol. The number of hydrogen-bond acceptors (Lipinski definition) is 5. The summed E-state index contributed by atoms with van der Waals surface area (Å²) in [7, 11) is 0. The molecule has 1 aromatic heterocycles. The Bertz CT molecular complexity index is 592. The first-order chi connectivity index (χ1) is 11.2.